The second-order valence-electron chi connectivity index (χ2n) is 5.84. The van der Waals surface area contributed by atoms with Gasteiger partial charge in [0, 0.05) is 18.7 Å². The molecule has 1 amide bonds. The minimum absolute atomic E-state index is 0. The number of ether oxygens (including phenoxy) is 1. The summed E-state index contributed by atoms with van der Waals surface area (Å²) in [6.45, 7) is 1.94. The number of nitrogens with zero attached hydrogens (tertiary/aromatic N) is 1. The SMILES string of the molecule is CN(C(=O)c1cccc(Oc2ccccc2)c1)C1CCNCC1.Cl. The van der Waals surface area contributed by atoms with Gasteiger partial charge in [0.05, 0.1) is 0 Å². The van der Waals surface area contributed by atoms with Crippen molar-refractivity contribution < 1.29 is 9.53 Å². The minimum Gasteiger partial charge on any atom is -0.457 e. The van der Waals surface area contributed by atoms with Crippen LogP contribution in [0.3, 0.4) is 0 Å². The van der Waals surface area contributed by atoms with Crippen LogP contribution >= 0.6 is 12.4 Å². The molecule has 1 aliphatic heterocycles. The van der Waals surface area contributed by atoms with Crippen LogP contribution in [0.2, 0.25) is 0 Å². The molecule has 0 aliphatic carbocycles. The standard InChI is InChI=1S/C19H22N2O2.ClH/c1-21(16-10-12-20-13-11-16)19(22)15-6-5-9-18(14-15)23-17-7-3-2-4-8-17;/h2-9,14,16,20H,10-13H2,1H3;1H. The maximum Gasteiger partial charge on any atom is 0.253 e. The topological polar surface area (TPSA) is 41.6 Å². The molecule has 1 fully saturated rings. The summed E-state index contributed by atoms with van der Waals surface area (Å²) >= 11 is 0. The van der Waals surface area contributed by atoms with Gasteiger partial charge in [-0.15, -0.1) is 12.4 Å². The molecular formula is C19H23ClN2O2. The Morgan fingerprint density at radius 2 is 1.71 bits per heavy atom. The number of amides is 1. The highest BCUT2D eigenvalue weighted by atomic mass is 35.5. The molecule has 2 aromatic rings. The molecule has 1 saturated heterocycles. The first-order valence-electron chi connectivity index (χ1n) is 8.05. The zero-order chi connectivity index (χ0) is 16.1. The fourth-order valence-corrected chi connectivity index (χ4v) is 2.88. The van der Waals surface area contributed by atoms with E-state index in [1.807, 2.05) is 66.5 Å². The van der Waals surface area contributed by atoms with Crippen molar-refractivity contribution in [2.24, 2.45) is 0 Å². The lowest BCUT2D eigenvalue weighted by Crippen LogP contribution is -2.43. The van der Waals surface area contributed by atoms with Crippen LogP contribution in [0.1, 0.15) is 23.2 Å². The highest BCUT2D eigenvalue weighted by Gasteiger charge is 2.23. The van der Waals surface area contributed by atoms with Gasteiger partial charge in [-0.3, -0.25) is 4.79 Å². The summed E-state index contributed by atoms with van der Waals surface area (Å²) in [6, 6.07) is 17.3. The quantitative estimate of drug-likeness (QED) is 0.917. The number of halogens is 1. The monoisotopic (exact) mass is 346 g/mol. The molecule has 0 bridgehead atoms. The number of nitrogens with one attached hydrogen (secondary N) is 1. The molecule has 3 rings (SSSR count). The molecule has 0 radical (unpaired) electrons. The summed E-state index contributed by atoms with van der Waals surface area (Å²) in [7, 11) is 1.89. The molecule has 1 aliphatic rings. The largest absolute Gasteiger partial charge is 0.457 e. The first-order valence-corrected chi connectivity index (χ1v) is 8.05. The van der Waals surface area contributed by atoms with Crippen molar-refractivity contribution >= 4 is 18.3 Å². The molecule has 0 atom stereocenters. The van der Waals surface area contributed by atoms with Crippen molar-refractivity contribution in [2.45, 2.75) is 18.9 Å². The maximum absolute atomic E-state index is 12.7. The van der Waals surface area contributed by atoms with Crippen molar-refractivity contribution in [3.63, 3.8) is 0 Å². The van der Waals surface area contributed by atoms with Crippen molar-refractivity contribution in [3.8, 4) is 11.5 Å². The van der Waals surface area contributed by atoms with Crippen LogP contribution in [0.15, 0.2) is 54.6 Å². The van der Waals surface area contributed by atoms with E-state index in [1.165, 1.54) is 0 Å². The summed E-state index contributed by atoms with van der Waals surface area (Å²) in [5.41, 5.74) is 0.666. The van der Waals surface area contributed by atoms with Crippen LogP contribution in [-0.4, -0.2) is 37.0 Å². The van der Waals surface area contributed by atoms with Crippen LogP contribution < -0.4 is 10.1 Å². The molecule has 0 saturated carbocycles. The van der Waals surface area contributed by atoms with Crippen LogP contribution in [0, 0.1) is 0 Å². The second kappa shape index (κ2) is 8.71. The van der Waals surface area contributed by atoms with E-state index in [4.69, 9.17) is 4.74 Å². The van der Waals surface area contributed by atoms with Gasteiger partial charge in [0.15, 0.2) is 0 Å². The summed E-state index contributed by atoms with van der Waals surface area (Å²) in [6.07, 6.45) is 2.00. The lowest BCUT2D eigenvalue weighted by atomic mass is 10.0. The number of hydrogen-bond donors (Lipinski definition) is 1. The smallest absolute Gasteiger partial charge is 0.253 e. The minimum atomic E-state index is 0. The summed E-state index contributed by atoms with van der Waals surface area (Å²) in [5, 5.41) is 3.33. The van der Waals surface area contributed by atoms with Crippen LogP contribution in [0.4, 0.5) is 0 Å². The molecule has 2 aromatic carbocycles. The predicted octanol–water partition coefficient (Wildman–Crippen LogP) is 3.72. The van der Waals surface area contributed by atoms with E-state index in [1.54, 1.807) is 0 Å². The molecule has 0 aromatic heterocycles. The number of carbonyl (C=O) groups is 1. The Morgan fingerprint density at radius 1 is 1.04 bits per heavy atom. The molecule has 1 heterocycles. The van der Waals surface area contributed by atoms with Crippen LogP contribution in [-0.2, 0) is 0 Å². The Kier molecular flexibility index (Phi) is 6.64. The van der Waals surface area contributed by atoms with Crippen LogP contribution in [0.25, 0.3) is 0 Å². The third kappa shape index (κ3) is 4.49. The van der Waals surface area contributed by atoms with Crippen molar-refractivity contribution in [1.29, 1.82) is 0 Å². The molecule has 24 heavy (non-hydrogen) atoms. The number of hydrogen-bond acceptors (Lipinski definition) is 3. The van der Waals surface area contributed by atoms with E-state index in [9.17, 15) is 4.79 Å². The highest BCUT2D eigenvalue weighted by Crippen LogP contribution is 2.23. The maximum atomic E-state index is 12.7. The van der Waals surface area contributed by atoms with E-state index < -0.39 is 0 Å². The first kappa shape index (κ1) is 18.3. The highest BCUT2D eigenvalue weighted by molar-refractivity contribution is 5.94. The summed E-state index contributed by atoms with van der Waals surface area (Å²) < 4.78 is 5.81. The third-order valence-electron chi connectivity index (χ3n) is 4.24. The number of benzene rings is 2. The van der Waals surface area contributed by atoms with Gasteiger partial charge in [0.25, 0.3) is 5.91 Å². The number of rotatable bonds is 4. The zero-order valence-electron chi connectivity index (χ0n) is 13.8. The fraction of sp³-hybridized carbons (Fsp3) is 0.316. The van der Waals surface area contributed by atoms with Gasteiger partial charge in [-0.2, -0.15) is 0 Å². The van der Waals surface area contributed by atoms with E-state index in [-0.39, 0.29) is 18.3 Å². The molecule has 5 heteroatoms. The van der Waals surface area contributed by atoms with E-state index >= 15 is 0 Å². The molecule has 1 N–H and O–H groups in total. The average molecular weight is 347 g/mol. The van der Waals surface area contributed by atoms with Crippen molar-refractivity contribution in [1.82, 2.24) is 10.2 Å². The van der Waals surface area contributed by atoms with Gasteiger partial charge >= 0.3 is 0 Å². The molecule has 0 spiro atoms. The normalized spacial score (nSPS) is 14.5. The van der Waals surface area contributed by atoms with Gasteiger partial charge in [-0.05, 0) is 56.3 Å². The van der Waals surface area contributed by atoms with Gasteiger partial charge in [-0.1, -0.05) is 24.3 Å². The summed E-state index contributed by atoms with van der Waals surface area (Å²) in [4.78, 5) is 14.6. The average Bonchev–Trinajstić information content (AvgIpc) is 2.62. The molecule has 0 unspecified atom stereocenters. The van der Waals surface area contributed by atoms with Crippen molar-refractivity contribution in [2.75, 3.05) is 20.1 Å². The third-order valence-corrected chi connectivity index (χ3v) is 4.24. The van der Waals surface area contributed by atoms with Crippen molar-refractivity contribution in [3.05, 3.63) is 60.2 Å². The second-order valence-corrected chi connectivity index (χ2v) is 5.84. The van der Waals surface area contributed by atoms with Gasteiger partial charge in [-0.25, -0.2) is 0 Å². The summed E-state index contributed by atoms with van der Waals surface area (Å²) in [5.74, 6) is 1.50. The van der Waals surface area contributed by atoms with Gasteiger partial charge in [0.1, 0.15) is 11.5 Å². The molecular weight excluding hydrogens is 324 g/mol. The number of piperidine rings is 1. The number of para-hydroxylation sites is 1. The Bertz CT molecular complexity index is 657. The number of carbonyl (C=O) groups excluding carboxylic acids is 1. The van der Waals surface area contributed by atoms with Gasteiger partial charge in [0.2, 0.25) is 0 Å². The van der Waals surface area contributed by atoms with Crippen LogP contribution in [0.5, 0.6) is 11.5 Å². The molecule has 128 valence electrons. The van der Waals surface area contributed by atoms with E-state index in [0.717, 1.165) is 31.7 Å². The Balaban J connectivity index is 0.00000208. The zero-order valence-corrected chi connectivity index (χ0v) is 14.6. The predicted molar refractivity (Wildman–Crippen MR) is 98.2 cm³/mol. The lowest BCUT2D eigenvalue weighted by Gasteiger charge is -2.31. The Morgan fingerprint density at radius 3 is 2.42 bits per heavy atom. The Hall–Kier alpha value is -2.04. The fourth-order valence-electron chi connectivity index (χ4n) is 2.88. The van der Waals surface area contributed by atoms with Gasteiger partial charge < -0.3 is 15.0 Å². The molecule has 4 nitrogen and oxygen atoms in total. The van der Waals surface area contributed by atoms with E-state index in [0.29, 0.717) is 17.4 Å². The lowest BCUT2D eigenvalue weighted by molar-refractivity contribution is 0.0703. The first-order chi connectivity index (χ1) is 11.2. The van der Waals surface area contributed by atoms with E-state index in [2.05, 4.69) is 5.32 Å². The Labute approximate surface area is 149 Å².